The number of benzene rings is 3. The number of unbranched alkanes of at least 4 members (excludes halogenated alkanes) is 1. The van der Waals surface area contributed by atoms with Gasteiger partial charge >= 0.3 is 0 Å². The fourth-order valence-corrected chi connectivity index (χ4v) is 4.05. The van der Waals surface area contributed by atoms with Crippen LogP contribution in [0.4, 0.5) is 0 Å². The van der Waals surface area contributed by atoms with Gasteiger partial charge < -0.3 is 20.9 Å². The molecule has 0 unspecified atom stereocenters. The Bertz CT molecular complexity index is 1230. The zero-order chi connectivity index (χ0) is 22.3. The van der Waals surface area contributed by atoms with Gasteiger partial charge in [-0.05, 0) is 46.9 Å². The maximum atomic E-state index is 13.3. The molecule has 6 heteroatoms. The molecule has 0 spiro atoms. The smallest absolute Gasteiger partial charge is 0.227 e. The Morgan fingerprint density at radius 1 is 1.00 bits per heavy atom. The van der Waals surface area contributed by atoms with Gasteiger partial charge in [-0.25, -0.2) is 0 Å². The molecule has 0 atom stereocenters. The van der Waals surface area contributed by atoms with Crippen LogP contribution in [0.5, 0.6) is 0 Å². The number of nitrogens with one attached hydrogen (secondary N) is 3. The molecule has 1 amide bonds. The normalized spacial score (nSPS) is 11.0. The highest BCUT2D eigenvalue weighted by molar-refractivity contribution is 5.89. The first kappa shape index (κ1) is 21.4. The van der Waals surface area contributed by atoms with E-state index in [-0.39, 0.29) is 11.9 Å². The van der Waals surface area contributed by atoms with Crippen molar-refractivity contribution in [2.24, 2.45) is 5.73 Å². The SMILES string of the molecule is N=C(N)NCCCCN(Cc1ccc2ccccc2c1)C(=O)Cc1c[nH]c2ccccc12. The van der Waals surface area contributed by atoms with Crippen LogP contribution in [0.25, 0.3) is 21.7 Å². The van der Waals surface area contributed by atoms with Crippen molar-refractivity contribution in [1.82, 2.24) is 15.2 Å². The Morgan fingerprint density at radius 3 is 2.62 bits per heavy atom. The predicted molar refractivity (Wildman–Crippen MR) is 131 cm³/mol. The molecule has 4 aromatic rings. The maximum absolute atomic E-state index is 13.3. The van der Waals surface area contributed by atoms with Crippen molar-refractivity contribution in [2.45, 2.75) is 25.8 Å². The summed E-state index contributed by atoms with van der Waals surface area (Å²) < 4.78 is 0. The van der Waals surface area contributed by atoms with Crippen LogP contribution < -0.4 is 11.1 Å². The number of hydrogen-bond acceptors (Lipinski definition) is 2. The standard InChI is InChI=1S/C26H29N5O/c27-26(28)29-13-5-6-14-31(18-19-11-12-20-7-1-2-8-21(20)15-19)25(32)16-22-17-30-24-10-4-3-9-23(22)24/h1-4,7-12,15,17,30H,5-6,13-14,16,18H2,(H4,27,28,29). The summed E-state index contributed by atoms with van der Waals surface area (Å²) in [5.41, 5.74) is 8.55. The number of nitrogens with zero attached hydrogens (tertiary/aromatic N) is 1. The van der Waals surface area contributed by atoms with E-state index in [2.05, 4.69) is 46.7 Å². The highest BCUT2D eigenvalue weighted by Crippen LogP contribution is 2.21. The van der Waals surface area contributed by atoms with E-state index in [1.807, 2.05) is 41.4 Å². The molecule has 1 heterocycles. The van der Waals surface area contributed by atoms with Gasteiger partial charge in [-0.1, -0.05) is 54.6 Å². The third-order valence-electron chi connectivity index (χ3n) is 5.73. The number of para-hydroxylation sites is 1. The van der Waals surface area contributed by atoms with Crippen molar-refractivity contribution in [1.29, 1.82) is 5.41 Å². The second kappa shape index (κ2) is 10.0. The Morgan fingerprint density at radius 2 is 1.78 bits per heavy atom. The molecule has 164 valence electrons. The van der Waals surface area contributed by atoms with Gasteiger partial charge in [-0.15, -0.1) is 0 Å². The summed E-state index contributed by atoms with van der Waals surface area (Å²) in [7, 11) is 0. The van der Waals surface area contributed by atoms with Crippen LogP contribution in [0.1, 0.15) is 24.0 Å². The summed E-state index contributed by atoms with van der Waals surface area (Å²) in [6.45, 7) is 1.87. The number of rotatable bonds is 9. The van der Waals surface area contributed by atoms with Gasteiger partial charge in [0.2, 0.25) is 5.91 Å². The summed E-state index contributed by atoms with van der Waals surface area (Å²) in [5.74, 6) is 0.0934. The molecule has 0 fully saturated rings. The Hall–Kier alpha value is -3.80. The van der Waals surface area contributed by atoms with Gasteiger partial charge in [0.25, 0.3) is 0 Å². The van der Waals surface area contributed by atoms with Gasteiger partial charge in [0.15, 0.2) is 5.96 Å². The number of carbonyl (C=O) groups excluding carboxylic acids is 1. The first-order valence-corrected chi connectivity index (χ1v) is 11.0. The van der Waals surface area contributed by atoms with E-state index in [4.69, 9.17) is 11.1 Å². The number of aromatic amines is 1. The largest absolute Gasteiger partial charge is 0.370 e. The van der Waals surface area contributed by atoms with Crippen LogP contribution in [0.15, 0.2) is 72.9 Å². The lowest BCUT2D eigenvalue weighted by Gasteiger charge is -2.23. The molecule has 0 aliphatic carbocycles. The van der Waals surface area contributed by atoms with Gasteiger partial charge in [-0.3, -0.25) is 10.2 Å². The molecule has 0 bridgehead atoms. The van der Waals surface area contributed by atoms with E-state index in [9.17, 15) is 4.79 Å². The first-order chi connectivity index (χ1) is 15.6. The monoisotopic (exact) mass is 427 g/mol. The highest BCUT2D eigenvalue weighted by Gasteiger charge is 2.17. The number of amides is 1. The van der Waals surface area contributed by atoms with Crippen molar-refractivity contribution < 1.29 is 4.79 Å². The van der Waals surface area contributed by atoms with Crippen molar-refractivity contribution in [3.63, 3.8) is 0 Å². The second-order valence-electron chi connectivity index (χ2n) is 8.08. The summed E-state index contributed by atoms with van der Waals surface area (Å²) in [6.07, 6.45) is 3.98. The molecule has 0 aliphatic rings. The molecule has 0 saturated heterocycles. The Kier molecular flexibility index (Phi) is 6.70. The van der Waals surface area contributed by atoms with E-state index in [0.717, 1.165) is 34.9 Å². The number of aromatic nitrogens is 1. The summed E-state index contributed by atoms with van der Waals surface area (Å²) in [5, 5.41) is 13.6. The summed E-state index contributed by atoms with van der Waals surface area (Å²) in [6, 6.07) is 22.7. The molecular weight excluding hydrogens is 398 g/mol. The minimum absolute atomic E-state index is 0.0200. The average molecular weight is 428 g/mol. The zero-order valence-corrected chi connectivity index (χ0v) is 18.1. The number of guanidine groups is 1. The van der Waals surface area contributed by atoms with Crippen molar-refractivity contribution in [3.05, 3.63) is 84.1 Å². The lowest BCUT2D eigenvalue weighted by atomic mass is 10.1. The Labute approximate surface area is 187 Å². The lowest BCUT2D eigenvalue weighted by molar-refractivity contribution is -0.131. The molecule has 32 heavy (non-hydrogen) atoms. The first-order valence-electron chi connectivity index (χ1n) is 11.0. The average Bonchev–Trinajstić information content (AvgIpc) is 3.20. The number of nitrogens with two attached hydrogens (primary N) is 1. The van der Waals surface area contributed by atoms with Crippen LogP contribution in [-0.4, -0.2) is 34.8 Å². The summed E-state index contributed by atoms with van der Waals surface area (Å²) >= 11 is 0. The van der Waals surface area contributed by atoms with E-state index < -0.39 is 0 Å². The number of hydrogen-bond donors (Lipinski definition) is 4. The fourth-order valence-electron chi connectivity index (χ4n) is 4.05. The van der Waals surface area contributed by atoms with E-state index in [0.29, 0.717) is 26.1 Å². The predicted octanol–water partition coefficient (Wildman–Crippen LogP) is 4.16. The van der Waals surface area contributed by atoms with Crippen molar-refractivity contribution in [2.75, 3.05) is 13.1 Å². The van der Waals surface area contributed by atoms with Crippen molar-refractivity contribution >= 4 is 33.5 Å². The topological polar surface area (TPSA) is 98.0 Å². The second-order valence-corrected chi connectivity index (χ2v) is 8.08. The quantitative estimate of drug-likeness (QED) is 0.183. The minimum Gasteiger partial charge on any atom is -0.370 e. The third kappa shape index (κ3) is 5.27. The van der Waals surface area contributed by atoms with Crippen LogP contribution in [0.2, 0.25) is 0 Å². The van der Waals surface area contributed by atoms with Gasteiger partial charge in [-0.2, -0.15) is 0 Å². The zero-order valence-electron chi connectivity index (χ0n) is 18.1. The van der Waals surface area contributed by atoms with Crippen molar-refractivity contribution in [3.8, 4) is 0 Å². The van der Waals surface area contributed by atoms with Crippen LogP contribution in [0, 0.1) is 5.41 Å². The van der Waals surface area contributed by atoms with Gasteiger partial charge in [0, 0.05) is 36.7 Å². The molecule has 5 N–H and O–H groups in total. The van der Waals surface area contributed by atoms with E-state index in [1.54, 1.807) is 0 Å². The molecule has 6 nitrogen and oxygen atoms in total. The van der Waals surface area contributed by atoms with E-state index >= 15 is 0 Å². The van der Waals surface area contributed by atoms with E-state index in [1.165, 1.54) is 10.8 Å². The molecule has 3 aromatic carbocycles. The van der Waals surface area contributed by atoms with Crippen LogP contribution in [0.3, 0.4) is 0 Å². The van der Waals surface area contributed by atoms with Crippen LogP contribution in [-0.2, 0) is 17.8 Å². The highest BCUT2D eigenvalue weighted by atomic mass is 16.2. The minimum atomic E-state index is -0.0200. The summed E-state index contributed by atoms with van der Waals surface area (Å²) in [4.78, 5) is 18.5. The van der Waals surface area contributed by atoms with Gasteiger partial charge in [0.1, 0.15) is 0 Å². The Balaban J connectivity index is 1.49. The third-order valence-corrected chi connectivity index (χ3v) is 5.73. The molecule has 0 radical (unpaired) electrons. The number of H-pyrrole nitrogens is 1. The molecule has 0 saturated carbocycles. The molecule has 1 aromatic heterocycles. The fraction of sp³-hybridized carbons (Fsp3) is 0.231. The van der Waals surface area contributed by atoms with Gasteiger partial charge in [0.05, 0.1) is 6.42 Å². The lowest BCUT2D eigenvalue weighted by Crippen LogP contribution is -2.34. The molecule has 0 aliphatic heterocycles. The molecule has 4 rings (SSSR count). The number of fused-ring (bicyclic) bond motifs is 2. The molecular formula is C26H29N5O. The maximum Gasteiger partial charge on any atom is 0.227 e. The number of carbonyl (C=O) groups is 1. The van der Waals surface area contributed by atoms with Crippen LogP contribution >= 0.6 is 0 Å².